The highest BCUT2D eigenvalue weighted by molar-refractivity contribution is 7.91. The first-order valence-corrected chi connectivity index (χ1v) is 7.66. The van der Waals surface area contributed by atoms with Crippen LogP contribution in [-0.2, 0) is 9.84 Å². The summed E-state index contributed by atoms with van der Waals surface area (Å²) < 4.78 is 23.3. The maximum Gasteiger partial charge on any atom is 0.322 e. The quantitative estimate of drug-likeness (QED) is 0.761. The van der Waals surface area contributed by atoms with Gasteiger partial charge in [0.05, 0.1) is 23.6 Å². The summed E-state index contributed by atoms with van der Waals surface area (Å²) in [5.41, 5.74) is 1.76. The smallest absolute Gasteiger partial charge is 0.322 e. The number of aryl methyl sites for hydroxylation is 1. The number of benzene rings is 1. The van der Waals surface area contributed by atoms with Crippen LogP contribution in [0.5, 0.6) is 0 Å². The lowest BCUT2D eigenvalue weighted by Gasteiger charge is -2.23. The minimum Gasteiger partial charge on any atom is -0.332 e. The summed E-state index contributed by atoms with van der Waals surface area (Å²) in [7, 11) is -3.04. The second kappa shape index (κ2) is 3.71. The second-order valence-corrected chi connectivity index (χ2v) is 7.01. The molecule has 3 rings (SSSR count). The Balaban J connectivity index is 2.02. The van der Waals surface area contributed by atoms with Crippen molar-refractivity contribution < 1.29 is 13.2 Å². The number of fused-ring (bicyclic) bond motifs is 1. The third kappa shape index (κ3) is 1.68. The van der Waals surface area contributed by atoms with E-state index in [4.69, 9.17) is 0 Å². The van der Waals surface area contributed by atoms with E-state index < -0.39 is 9.84 Å². The number of para-hydroxylation sites is 1. The van der Waals surface area contributed by atoms with Crippen molar-refractivity contribution in [1.82, 2.24) is 5.32 Å². The van der Waals surface area contributed by atoms with Gasteiger partial charge in [-0.15, -0.1) is 0 Å². The van der Waals surface area contributed by atoms with E-state index in [9.17, 15) is 13.2 Å². The molecule has 0 radical (unpaired) electrons. The predicted molar refractivity (Wildman–Crippen MR) is 68.4 cm³/mol. The Morgan fingerprint density at radius 1 is 1.28 bits per heavy atom. The number of nitrogens with zero attached hydrogens (tertiary/aromatic N) is 1. The van der Waals surface area contributed by atoms with Gasteiger partial charge in [-0.05, 0) is 18.6 Å². The van der Waals surface area contributed by atoms with Crippen LogP contribution >= 0.6 is 0 Å². The van der Waals surface area contributed by atoms with Crippen LogP contribution in [0.1, 0.15) is 5.56 Å². The fourth-order valence-corrected chi connectivity index (χ4v) is 4.61. The molecule has 1 N–H and O–H groups in total. The summed E-state index contributed by atoms with van der Waals surface area (Å²) in [5, 5.41) is 2.76. The summed E-state index contributed by atoms with van der Waals surface area (Å²) >= 11 is 0. The van der Waals surface area contributed by atoms with Crippen molar-refractivity contribution >= 4 is 21.6 Å². The van der Waals surface area contributed by atoms with Crippen molar-refractivity contribution in [2.24, 2.45) is 0 Å². The Labute approximate surface area is 106 Å². The molecule has 5 nitrogen and oxygen atoms in total. The van der Waals surface area contributed by atoms with Gasteiger partial charge in [0, 0.05) is 5.69 Å². The fraction of sp³-hybridized carbons (Fsp3) is 0.417. The maximum atomic E-state index is 12.0. The molecule has 2 aliphatic rings. The Kier molecular flexibility index (Phi) is 2.38. The zero-order valence-electron chi connectivity index (χ0n) is 9.96. The molecule has 2 saturated heterocycles. The van der Waals surface area contributed by atoms with Crippen molar-refractivity contribution in [2.75, 3.05) is 16.4 Å². The van der Waals surface area contributed by atoms with E-state index in [-0.39, 0.29) is 29.6 Å². The Hall–Kier alpha value is -1.56. The molecule has 0 aromatic heterocycles. The summed E-state index contributed by atoms with van der Waals surface area (Å²) in [4.78, 5) is 13.6. The normalized spacial score (nSPS) is 29.2. The summed E-state index contributed by atoms with van der Waals surface area (Å²) in [6.07, 6.45) is 0. The van der Waals surface area contributed by atoms with Crippen LogP contribution in [0.4, 0.5) is 10.5 Å². The second-order valence-electron chi connectivity index (χ2n) is 4.86. The van der Waals surface area contributed by atoms with Gasteiger partial charge >= 0.3 is 6.03 Å². The Bertz CT molecular complexity index is 612. The third-order valence-electron chi connectivity index (χ3n) is 3.56. The SMILES string of the molecule is Cc1ccccc1N1C(=O)N[C@@H]2CS(=O)(=O)C[C@H]21. The molecule has 0 aliphatic carbocycles. The van der Waals surface area contributed by atoms with Crippen LogP contribution in [0, 0.1) is 6.92 Å². The first kappa shape index (κ1) is 11.5. The molecule has 2 atom stereocenters. The van der Waals surface area contributed by atoms with Gasteiger partial charge < -0.3 is 5.32 Å². The number of nitrogens with one attached hydrogen (secondary N) is 1. The number of carbonyl (C=O) groups excluding carboxylic acids is 1. The molecule has 1 aromatic carbocycles. The van der Waals surface area contributed by atoms with Crippen molar-refractivity contribution in [3.63, 3.8) is 0 Å². The van der Waals surface area contributed by atoms with Crippen molar-refractivity contribution in [2.45, 2.75) is 19.0 Å². The average Bonchev–Trinajstić information content (AvgIpc) is 2.70. The molecule has 18 heavy (non-hydrogen) atoms. The number of hydrogen-bond donors (Lipinski definition) is 1. The van der Waals surface area contributed by atoms with Gasteiger partial charge in [0.25, 0.3) is 0 Å². The number of urea groups is 1. The molecule has 96 valence electrons. The highest BCUT2D eigenvalue weighted by Gasteiger charge is 2.49. The molecule has 2 aliphatic heterocycles. The van der Waals surface area contributed by atoms with Crippen LogP contribution in [0.15, 0.2) is 24.3 Å². The molecule has 2 fully saturated rings. The molecule has 0 spiro atoms. The highest BCUT2D eigenvalue weighted by atomic mass is 32.2. The summed E-state index contributed by atoms with van der Waals surface area (Å²) in [5.74, 6) is 0.0938. The van der Waals surface area contributed by atoms with Crippen LogP contribution < -0.4 is 10.2 Å². The monoisotopic (exact) mass is 266 g/mol. The molecule has 0 saturated carbocycles. The molecular weight excluding hydrogens is 252 g/mol. The molecule has 2 heterocycles. The number of anilines is 1. The van der Waals surface area contributed by atoms with Gasteiger partial charge in [0.15, 0.2) is 9.84 Å². The topological polar surface area (TPSA) is 66.5 Å². The van der Waals surface area contributed by atoms with Gasteiger partial charge in [0.2, 0.25) is 0 Å². The molecule has 2 amide bonds. The van der Waals surface area contributed by atoms with Gasteiger partial charge in [-0.2, -0.15) is 0 Å². The fourth-order valence-electron chi connectivity index (χ4n) is 2.72. The van der Waals surface area contributed by atoms with Gasteiger partial charge in [-0.3, -0.25) is 4.90 Å². The number of amides is 2. The minimum absolute atomic E-state index is 0.0464. The van der Waals surface area contributed by atoms with E-state index in [1.807, 2.05) is 31.2 Å². The summed E-state index contributed by atoms with van der Waals surface area (Å²) in [6.45, 7) is 1.92. The Morgan fingerprint density at radius 2 is 2.00 bits per heavy atom. The zero-order valence-corrected chi connectivity index (χ0v) is 10.8. The van der Waals surface area contributed by atoms with Crippen molar-refractivity contribution in [3.8, 4) is 0 Å². The molecule has 6 heteroatoms. The van der Waals surface area contributed by atoms with E-state index in [2.05, 4.69) is 5.32 Å². The Morgan fingerprint density at radius 3 is 2.72 bits per heavy atom. The number of carbonyl (C=O) groups is 1. The first-order valence-electron chi connectivity index (χ1n) is 5.84. The molecular formula is C12H14N2O3S. The van der Waals surface area contributed by atoms with E-state index in [0.29, 0.717) is 0 Å². The molecule has 1 aromatic rings. The standard InChI is InChI=1S/C12H14N2O3S/c1-8-4-2-3-5-10(8)14-11-7-18(16,17)6-9(11)13-12(14)15/h2-5,9,11H,6-7H2,1H3,(H,13,15)/t9-,11-/m1/s1. The zero-order chi connectivity index (χ0) is 12.9. The van der Waals surface area contributed by atoms with E-state index in [1.165, 1.54) is 0 Å². The number of hydrogen-bond acceptors (Lipinski definition) is 3. The van der Waals surface area contributed by atoms with Crippen LogP contribution in [-0.4, -0.2) is 38.0 Å². The number of rotatable bonds is 1. The van der Waals surface area contributed by atoms with E-state index in [1.54, 1.807) is 4.90 Å². The largest absolute Gasteiger partial charge is 0.332 e. The van der Waals surface area contributed by atoms with E-state index >= 15 is 0 Å². The minimum atomic E-state index is -3.04. The van der Waals surface area contributed by atoms with Crippen molar-refractivity contribution in [3.05, 3.63) is 29.8 Å². The molecule has 0 unspecified atom stereocenters. The van der Waals surface area contributed by atoms with Gasteiger partial charge in [-0.25, -0.2) is 13.2 Å². The third-order valence-corrected chi connectivity index (χ3v) is 5.27. The first-order chi connectivity index (χ1) is 8.48. The van der Waals surface area contributed by atoms with E-state index in [0.717, 1.165) is 11.3 Å². The van der Waals surface area contributed by atoms with Gasteiger partial charge in [0.1, 0.15) is 0 Å². The average molecular weight is 266 g/mol. The maximum absolute atomic E-state index is 12.0. The lowest BCUT2D eigenvalue weighted by atomic mass is 10.1. The molecule has 0 bridgehead atoms. The van der Waals surface area contributed by atoms with Crippen molar-refractivity contribution in [1.29, 1.82) is 0 Å². The predicted octanol–water partition coefficient (Wildman–Crippen LogP) is 0.690. The van der Waals surface area contributed by atoms with Crippen LogP contribution in [0.2, 0.25) is 0 Å². The number of sulfone groups is 1. The van der Waals surface area contributed by atoms with Crippen LogP contribution in [0.25, 0.3) is 0 Å². The van der Waals surface area contributed by atoms with Gasteiger partial charge in [-0.1, -0.05) is 18.2 Å². The highest BCUT2D eigenvalue weighted by Crippen LogP contribution is 2.31. The van der Waals surface area contributed by atoms with Crippen LogP contribution in [0.3, 0.4) is 0 Å². The summed E-state index contributed by atoms with van der Waals surface area (Å²) in [6, 6.07) is 6.77. The lowest BCUT2D eigenvalue weighted by molar-refractivity contribution is 0.251. The lowest BCUT2D eigenvalue weighted by Crippen LogP contribution is -2.37.